The molecule has 8 nitrogen and oxygen atoms in total. The van der Waals surface area contributed by atoms with Gasteiger partial charge >= 0.3 is 6.01 Å². The van der Waals surface area contributed by atoms with Crippen molar-refractivity contribution in [1.29, 1.82) is 0 Å². The summed E-state index contributed by atoms with van der Waals surface area (Å²) in [5.74, 6) is 0.315. The highest BCUT2D eigenvalue weighted by Crippen LogP contribution is 2.23. The summed E-state index contributed by atoms with van der Waals surface area (Å²) in [4.78, 5) is 16.7. The van der Waals surface area contributed by atoms with Crippen molar-refractivity contribution in [2.24, 2.45) is 5.11 Å². The molecule has 0 N–H and O–H groups in total. The Hall–Kier alpha value is -2.86. The summed E-state index contributed by atoms with van der Waals surface area (Å²) in [6.07, 6.45) is -0.0961. The molecule has 0 amide bonds. The van der Waals surface area contributed by atoms with Crippen molar-refractivity contribution >= 4 is 17.6 Å². The first-order valence-corrected chi connectivity index (χ1v) is 6.36. The molecule has 0 radical (unpaired) electrons. The highest BCUT2D eigenvalue weighted by Gasteiger charge is 2.12. The van der Waals surface area contributed by atoms with Crippen LogP contribution in [-0.4, -0.2) is 28.1 Å². The average Bonchev–Trinajstić information content (AvgIpc) is 2.47. The molecule has 0 aliphatic heterocycles. The highest BCUT2D eigenvalue weighted by atomic mass is 16.5. The van der Waals surface area contributed by atoms with E-state index in [0.29, 0.717) is 5.95 Å². The van der Waals surface area contributed by atoms with Gasteiger partial charge in [-0.05, 0) is 36.6 Å². The van der Waals surface area contributed by atoms with Gasteiger partial charge in [0.25, 0.3) is 0 Å². The smallest absolute Gasteiger partial charge is 0.321 e. The van der Waals surface area contributed by atoms with Crippen molar-refractivity contribution in [1.82, 2.24) is 15.0 Å². The van der Waals surface area contributed by atoms with Crippen molar-refractivity contribution in [3.8, 4) is 6.01 Å². The van der Waals surface area contributed by atoms with Crippen molar-refractivity contribution < 1.29 is 4.74 Å². The molecule has 2 aromatic rings. The fourth-order valence-corrected chi connectivity index (χ4v) is 1.60. The average molecular weight is 285 g/mol. The summed E-state index contributed by atoms with van der Waals surface area (Å²) in [7, 11) is 1.81. The topological polar surface area (TPSA) is 99.9 Å². The Labute approximate surface area is 122 Å². The number of nitrogens with zero attached hydrogens (tertiary/aromatic N) is 7. The van der Waals surface area contributed by atoms with Crippen LogP contribution in [0.15, 0.2) is 35.4 Å². The molecule has 0 saturated heterocycles. The molecule has 2 rings (SSSR count). The van der Waals surface area contributed by atoms with Crippen LogP contribution in [0.1, 0.15) is 13.8 Å². The van der Waals surface area contributed by atoms with Gasteiger partial charge in [0, 0.05) is 17.6 Å². The lowest BCUT2D eigenvalue weighted by atomic mass is 10.3. The first-order valence-electron chi connectivity index (χ1n) is 6.36. The standard InChI is InChI=1S/C13H15N7O/c1-9(2)21-13-16-11(18-19-14)15-12(17-13)20(3)10-7-5-4-6-8-10/h4-9H,1-3H3. The number of ether oxygens (including phenoxy) is 1. The van der Waals surface area contributed by atoms with E-state index in [2.05, 4.69) is 25.0 Å². The van der Waals surface area contributed by atoms with E-state index in [9.17, 15) is 0 Å². The fraction of sp³-hybridized carbons (Fsp3) is 0.308. The monoisotopic (exact) mass is 285 g/mol. The summed E-state index contributed by atoms with van der Waals surface area (Å²) >= 11 is 0. The Balaban J connectivity index is 2.42. The first-order chi connectivity index (χ1) is 10.1. The fourth-order valence-electron chi connectivity index (χ4n) is 1.60. The Bertz CT molecular complexity index is 653. The van der Waals surface area contributed by atoms with Crippen molar-refractivity contribution in [3.05, 3.63) is 40.8 Å². The van der Waals surface area contributed by atoms with Crippen LogP contribution in [0.2, 0.25) is 0 Å². The first kappa shape index (κ1) is 14.5. The zero-order chi connectivity index (χ0) is 15.2. The molecule has 0 bridgehead atoms. The van der Waals surface area contributed by atoms with E-state index in [0.717, 1.165) is 5.69 Å². The zero-order valence-electron chi connectivity index (χ0n) is 12.0. The summed E-state index contributed by atoms with van der Waals surface area (Å²) in [6, 6.07) is 9.70. The number of para-hydroxylation sites is 1. The number of anilines is 2. The van der Waals surface area contributed by atoms with E-state index < -0.39 is 0 Å². The van der Waals surface area contributed by atoms with Crippen LogP contribution >= 0.6 is 0 Å². The van der Waals surface area contributed by atoms with Crippen LogP contribution in [0.25, 0.3) is 10.4 Å². The quantitative estimate of drug-likeness (QED) is 0.476. The van der Waals surface area contributed by atoms with Gasteiger partial charge in [0.2, 0.25) is 11.9 Å². The van der Waals surface area contributed by atoms with Gasteiger partial charge in [-0.25, -0.2) is 0 Å². The molecule has 108 valence electrons. The number of rotatable bonds is 5. The minimum absolute atomic E-state index is 0.0269. The molecule has 1 heterocycles. The lowest BCUT2D eigenvalue weighted by Gasteiger charge is -2.18. The van der Waals surface area contributed by atoms with E-state index in [4.69, 9.17) is 10.3 Å². The second-order valence-corrected chi connectivity index (χ2v) is 4.47. The largest absolute Gasteiger partial charge is 0.461 e. The van der Waals surface area contributed by atoms with Crippen LogP contribution in [0.5, 0.6) is 6.01 Å². The minimum Gasteiger partial charge on any atom is -0.461 e. The van der Waals surface area contributed by atoms with Crippen LogP contribution < -0.4 is 9.64 Å². The van der Waals surface area contributed by atoms with Crippen molar-refractivity contribution in [2.75, 3.05) is 11.9 Å². The molecule has 1 aromatic carbocycles. The lowest BCUT2D eigenvalue weighted by Crippen LogP contribution is -2.15. The van der Waals surface area contributed by atoms with Gasteiger partial charge in [0.05, 0.1) is 6.10 Å². The van der Waals surface area contributed by atoms with Gasteiger partial charge in [-0.1, -0.05) is 18.2 Å². The maximum absolute atomic E-state index is 8.54. The SMILES string of the molecule is CC(C)Oc1nc(N=[N+]=[N-])nc(N(C)c2ccccc2)n1. The van der Waals surface area contributed by atoms with Crippen LogP contribution in [0.4, 0.5) is 17.6 Å². The summed E-state index contributed by atoms with van der Waals surface area (Å²) in [5, 5.41) is 3.42. The van der Waals surface area contributed by atoms with Gasteiger partial charge in [-0.15, -0.1) is 0 Å². The van der Waals surface area contributed by atoms with Crippen LogP contribution in [0.3, 0.4) is 0 Å². The molecule has 0 atom stereocenters. The van der Waals surface area contributed by atoms with Gasteiger partial charge in [0.15, 0.2) is 0 Å². The zero-order valence-corrected chi connectivity index (χ0v) is 12.0. The Morgan fingerprint density at radius 2 is 1.90 bits per heavy atom. The second-order valence-electron chi connectivity index (χ2n) is 4.47. The van der Waals surface area contributed by atoms with Gasteiger partial charge in [-0.2, -0.15) is 15.0 Å². The number of hydrogen-bond donors (Lipinski definition) is 0. The number of hydrogen-bond acceptors (Lipinski definition) is 6. The van der Waals surface area contributed by atoms with E-state index in [1.54, 1.807) is 4.90 Å². The van der Waals surface area contributed by atoms with Crippen molar-refractivity contribution in [2.45, 2.75) is 20.0 Å². The summed E-state index contributed by atoms with van der Waals surface area (Å²) in [6.45, 7) is 3.72. The predicted octanol–water partition coefficient (Wildman–Crippen LogP) is 3.37. The summed E-state index contributed by atoms with van der Waals surface area (Å²) < 4.78 is 5.46. The molecular formula is C13H15N7O. The Kier molecular flexibility index (Phi) is 4.53. The van der Waals surface area contributed by atoms with Gasteiger partial charge in [-0.3, -0.25) is 0 Å². The Morgan fingerprint density at radius 1 is 1.19 bits per heavy atom. The molecule has 0 spiro atoms. The Morgan fingerprint density at radius 3 is 2.52 bits per heavy atom. The third-order valence-corrected chi connectivity index (χ3v) is 2.51. The van der Waals surface area contributed by atoms with E-state index >= 15 is 0 Å². The molecule has 0 saturated carbocycles. The highest BCUT2D eigenvalue weighted by molar-refractivity contribution is 5.56. The van der Waals surface area contributed by atoms with E-state index in [1.807, 2.05) is 51.2 Å². The lowest BCUT2D eigenvalue weighted by molar-refractivity contribution is 0.222. The maximum Gasteiger partial charge on any atom is 0.321 e. The maximum atomic E-state index is 8.54. The number of benzene rings is 1. The van der Waals surface area contributed by atoms with Crippen LogP contribution in [0, 0.1) is 0 Å². The molecule has 8 heteroatoms. The molecule has 0 unspecified atom stereocenters. The van der Waals surface area contributed by atoms with Crippen molar-refractivity contribution in [3.63, 3.8) is 0 Å². The van der Waals surface area contributed by atoms with E-state index in [1.165, 1.54) is 0 Å². The molecule has 0 aliphatic rings. The molecule has 0 fully saturated rings. The van der Waals surface area contributed by atoms with Crippen LogP contribution in [-0.2, 0) is 0 Å². The molecule has 0 aliphatic carbocycles. The van der Waals surface area contributed by atoms with E-state index in [-0.39, 0.29) is 18.1 Å². The van der Waals surface area contributed by atoms with Gasteiger partial charge < -0.3 is 9.64 Å². The number of aromatic nitrogens is 3. The minimum atomic E-state index is -0.0961. The third-order valence-electron chi connectivity index (χ3n) is 2.51. The number of azide groups is 1. The second kappa shape index (κ2) is 6.53. The summed E-state index contributed by atoms with van der Waals surface area (Å²) in [5.41, 5.74) is 9.44. The predicted molar refractivity (Wildman–Crippen MR) is 78.9 cm³/mol. The van der Waals surface area contributed by atoms with Gasteiger partial charge in [0.1, 0.15) is 0 Å². The molecular weight excluding hydrogens is 270 g/mol. The third kappa shape index (κ3) is 3.80. The molecule has 21 heavy (non-hydrogen) atoms. The molecule has 1 aromatic heterocycles. The normalized spacial score (nSPS) is 10.1.